The van der Waals surface area contributed by atoms with Crippen LogP contribution >= 0.6 is 0 Å². The predicted octanol–water partition coefficient (Wildman–Crippen LogP) is 6.94. The minimum atomic E-state index is 0.0108. The van der Waals surface area contributed by atoms with Gasteiger partial charge in [-0.15, -0.1) is 0 Å². The zero-order chi connectivity index (χ0) is 26.5. The van der Waals surface area contributed by atoms with Crippen molar-refractivity contribution in [3.8, 4) is 11.5 Å². The summed E-state index contributed by atoms with van der Waals surface area (Å²) >= 11 is 0. The second-order valence-corrected chi connectivity index (χ2v) is 9.97. The maximum Gasteiger partial charge on any atom is 0.227 e. The molecule has 38 heavy (non-hydrogen) atoms. The Bertz CT molecular complexity index is 1400. The van der Waals surface area contributed by atoms with E-state index < -0.39 is 0 Å². The van der Waals surface area contributed by atoms with Crippen molar-refractivity contribution in [1.29, 1.82) is 0 Å². The fraction of sp³-hybridized carbons (Fsp3) is 0.375. The third kappa shape index (κ3) is 5.26. The Morgan fingerprint density at radius 3 is 2.50 bits per heavy atom. The quantitative estimate of drug-likeness (QED) is 0.205. The molecular weight excluding hydrogens is 474 g/mol. The Morgan fingerprint density at radius 2 is 1.68 bits per heavy atom. The van der Waals surface area contributed by atoms with Crippen LogP contribution in [0.4, 0.5) is 5.69 Å². The van der Waals surface area contributed by atoms with Gasteiger partial charge in [-0.05, 0) is 61.6 Å². The van der Waals surface area contributed by atoms with E-state index in [4.69, 9.17) is 14.5 Å². The van der Waals surface area contributed by atoms with E-state index in [2.05, 4.69) is 42.7 Å². The molecule has 3 aromatic carbocycles. The SMILES string of the molecule is CCOc1ccccc1N1CC(c2nc3ccccc3n2CCCOc2ccccc2C(C)CC)CC1=O. The number of para-hydroxylation sites is 5. The van der Waals surface area contributed by atoms with Crippen LogP contribution in [0, 0.1) is 0 Å². The van der Waals surface area contributed by atoms with Gasteiger partial charge in [0.2, 0.25) is 5.91 Å². The van der Waals surface area contributed by atoms with Crippen LogP contribution in [0.1, 0.15) is 63.3 Å². The van der Waals surface area contributed by atoms with Gasteiger partial charge in [-0.2, -0.15) is 0 Å². The first kappa shape index (κ1) is 25.8. The van der Waals surface area contributed by atoms with Crippen LogP contribution in [0.2, 0.25) is 0 Å². The first-order chi connectivity index (χ1) is 18.6. The third-order valence-electron chi connectivity index (χ3n) is 7.48. The van der Waals surface area contributed by atoms with Crippen molar-refractivity contribution < 1.29 is 14.3 Å². The smallest absolute Gasteiger partial charge is 0.227 e. The van der Waals surface area contributed by atoms with Crippen molar-refractivity contribution in [3.05, 3.63) is 84.2 Å². The van der Waals surface area contributed by atoms with Crippen molar-refractivity contribution in [2.75, 3.05) is 24.7 Å². The Balaban J connectivity index is 1.34. The number of hydrogen-bond acceptors (Lipinski definition) is 4. The van der Waals surface area contributed by atoms with Crippen molar-refractivity contribution in [2.24, 2.45) is 0 Å². The highest BCUT2D eigenvalue weighted by atomic mass is 16.5. The van der Waals surface area contributed by atoms with Gasteiger partial charge in [0.25, 0.3) is 0 Å². The van der Waals surface area contributed by atoms with Crippen molar-refractivity contribution >= 4 is 22.6 Å². The maximum absolute atomic E-state index is 13.2. The molecule has 2 heterocycles. The van der Waals surface area contributed by atoms with Crippen LogP contribution in [-0.2, 0) is 11.3 Å². The zero-order valence-corrected chi connectivity index (χ0v) is 22.6. The molecule has 2 atom stereocenters. The average Bonchev–Trinajstić information content (AvgIpc) is 3.51. The number of aryl methyl sites for hydroxylation is 1. The maximum atomic E-state index is 13.2. The van der Waals surface area contributed by atoms with Crippen LogP contribution in [-0.4, -0.2) is 35.2 Å². The minimum absolute atomic E-state index is 0.0108. The topological polar surface area (TPSA) is 56.6 Å². The summed E-state index contributed by atoms with van der Waals surface area (Å²) in [7, 11) is 0. The Kier molecular flexibility index (Phi) is 7.97. The van der Waals surface area contributed by atoms with E-state index in [1.165, 1.54) is 5.56 Å². The number of anilines is 1. The molecule has 0 radical (unpaired) electrons. The molecule has 0 bridgehead atoms. The predicted molar refractivity (Wildman–Crippen MR) is 152 cm³/mol. The van der Waals surface area contributed by atoms with Gasteiger partial charge < -0.3 is 18.9 Å². The number of rotatable bonds is 11. The van der Waals surface area contributed by atoms with Crippen molar-refractivity contribution in [3.63, 3.8) is 0 Å². The van der Waals surface area contributed by atoms with Crippen LogP contribution < -0.4 is 14.4 Å². The van der Waals surface area contributed by atoms with Gasteiger partial charge in [-0.25, -0.2) is 4.98 Å². The summed E-state index contributed by atoms with van der Waals surface area (Å²) in [5.41, 5.74) is 4.16. The van der Waals surface area contributed by atoms with Crippen LogP contribution in [0.5, 0.6) is 11.5 Å². The van der Waals surface area contributed by atoms with Gasteiger partial charge in [0, 0.05) is 25.4 Å². The molecule has 1 aliphatic rings. The second kappa shape index (κ2) is 11.7. The lowest BCUT2D eigenvalue weighted by molar-refractivity contribution is -0.117. The Labute approximate surface area is 225 Å². The summed E-state index contributed by atoms with van der Waals surface area (Å²) in [6.45, 7) is 8.95. The van der Waals surface area contributed by atoms with Gasteiger partial charge in [-0.1, -0.05) is 56.3 Å². The van der Waals surface area contributed by atoms with Crippen LogP contribution in [0.3, 0.4) is 0 Å². The number of carbonyl (C=O) groups excluding carboxylic acids is 1. The molecule has 1 saturated heterocycles. The number of aromatic nitrogens is 2. The molecule has 1 aromatic heterocycles. The zero-order valence-electron chi connectivity index (χ0n) is 22.6. The molecule has 198 valence electrons. The first-order valence-electron chi connectivity index (χ1n) is 13.8. The lowest BCUT2D eigenvalue weighted by Gasteiger charge is -2.20. The summed E-state index contributed by atoms with van der Waals surface area (Å²) in [6.07, 6.45) is 2.36. The summed E-state index contributed by atoms with van der Waals surface area (Å²) in [6, 6.07) is 24.4. The van der Waals surface area contributed by atoms with Crippen LogP contribution in [0.25, 0.3) is 11.0 Å². The van der Waals surface area contributed by atoms with Crippen LogP contribution in [0.15, 0.2) is 72.8 Å². The monoisotopic (exact) mass is 511 g/mol. The molecule has 6 heteroatoms. The number of carbonyl (C=O) groups is 1. The molecule has 1 fully saturated rings. The molecule has 6 nitrogen and oxygen atoms in total. The summed E-state index contributed by atoms with van der Waals surface area (Å²) in [5.74, 6) is 3.26. The molecule has 4 aromatic rings. The van der Waals surface area contributed by atoms with E-state index in [0.29, 0.717) is 32.1 Å². The first-order valence-corrected chi connectivity index (χ1v) is 13.8. The Hall–Kier alpha value is -3.80. The van der Waals surface area contributed by atoms with Gasteiger partial charge in [0.15, 0.2) is 0 Å². The molecular formula is C32H37N3O3. The molecule has 0 aliphatic carbocycles. The van der Waals surface area contributed by atoms with E-state index in [1.54, 1.807) is 0 Å². The molecule has 0 N–H and O–H groups in total. The van der Waals surface area contributed by atoms with E-state index >= 15 is 0 Å². The summed E-state index contributed by atoms with van der Waals surface area (Å²) in [5, 5.41) is 0. The van der Waals surface area contributed by atoms with E-state index in [1.807, 2.05) is 60.4 Å². The van der Waals surface area contributed by atoms with Gasteiger partial charge in [0.05, 0.1) is 29.9 Å². The molecule has 1 amide bonds. The molecule has 2 unspecified atom stereocenters. The molecule has 5 rings (SSSR count). The average molecular weight is 512 g/mol. The molecule has 0 spiro atoms. The molecule has 0 saturated carbocycles. The number of imidazole rings is 1. The highest BCUT2D eigenvalue weighted by Gasteiger charge is 2.36. The Morgan fingerprint density at radius 1 is 0.947 bits per heavy atom. The van der Waals surface area contributed by atoms with E-state index in [9.17, 15) is 4.79 Å². The number of fused-ring (bicyclic) bond motifs is 1. The van der Waals surface area contributed by atoms with Gasteiger partial charge in [-0.3, -0.25) is 4.79 Å². The summed E-state index contributed by atoms with van der Waals surface area (Å²) in [4.78, 5) is 20.1. The fourth-order valence-corrected chi connectivity index (χ4v) is 5.36. The fourth-order valence-electron chi connectivity index (χ4n) is 5.36. The second-order valence-electron chi connectivity index (χ2n) is 9.97. The van der Waals surface area contributed by atoms with Gasteiger partial charge >= 0.3 is 0 Å². The number of nitrogens with zero attached hydrogens (tertiary/aromatic N) is 3. The van der Waals surface area contributed by atoms with Crippen molar-refractivity contribution in [2.45, 2.75) is 58.4 Å². The summed E-state index contributed by atoms with van der Waals surface area (Å²) < 4.78 is 14.4. The highest BCUT2D eigenvalue weighted by molar-refractivity contribution is 5.97. The van der Waals surface area contributed by atoms with E-state index in [0.717, 1.165) is 53.4 Å². The van der Waals surface area contributed by atoms with E-state index in [-0.39, 0.29) is 11.8 Å². The number of amides is 1. The normalized spacial score (nSPS) is 16.2. The lowest BCUT2D eigenvalue weighted by Crippen LogP contribution is -2.25. The highest BCUT2D eigenvalue weighted by Crippen LogP contribution is 2.37. The number of benzene rings is 3. The van der Waals surface area contributed by atoms with Crippen molar-refractivity contribution in [1.82, 2.24) is 9.55 Å². The van der Waals surface area contributed by atoms with Gasteiger partial charge in [0.1, 0.15) is 17.3 Å². The third-order valence-corrected chi connectivity index (χ3v) is 7.48. The minimum Gasteiger partial charge on any atom is -0.493 e. The lowest BCUT2D eigenvalue weighted by atomic mass is 9.98. The molecule has 1 aliphatic heterocycles. The largest absolute Gasteiger partial charge is 0.493 e. The standard InChI is InChI=1S/C32H37N3O3/c1-4-23(3)25-13-6-10-17-29(25)38-20-12-19-34-27-15-8-7-14-26(27)33-32(34)24-21-31(36)35(22-24)28-16-9-11-18-30(28)37-5-2/h6-11,13-18,23-24H,4-5,12,19-22H2,1-3H3. The number of ether oxygens (including phenoxy) is 2. The number of hydrogen-bond donors (Lipinski definition) is 0.